The molecule has 28 heavy (non-hydrogen) atoms. The molecular weight excluding hydrogens is 355 g/mol. The molecule has 2 aliphatic rings. The summed E-state index contributed by atoms with van der Waals surface area (Å²) < 4.78 is 15.7. The smallest absolute Gasteiger partial charge is 0.129 e. The van der Waals surface area contributed by atoms with Crippen LogP contribution >= 0.6 is 0 Å². The zero-order chi connectivity index (χ0) is 19.1. The van der Waals surface area contributed by atoms with Crippen LogP contribution in [0.1, 0.15) is 25.3 Å². The lowest BCUT2D eigenvalue weighted by Gasteiger charge is -2.28. The minimum absolute atomic E-state index is 0.419. The Kier molecular flexibility index (Phi) is 4.47. The SMILES string of the molecule is CN1CCC(n2cc(-c3ccnc4ccc(N5CCC(F)C5)nc34)cn2)CC1. The van der Waals surface area contributed by atoms with Gasteiger partial charge in [-0.2, -0.15) is 5.10 Å². The Hall–Kier alpha value is -2.54. The highest BCUT2D eigenvalue weighted by Crippen LogP contribution is 2.30. The average Bonchev–Trinajstić information content (AvgIpc) is 3.37. The van der Waals surface area contributed by atoms with Crippen molar-refractivity contribution in [2.45, 2.75) is 31.5 Å². The maximum Gasteiger partial charge on any atom is 0.129 e. The summed E-state index contributed by atoms with van der Waals surface area (Å²) in [5, 5.41) is 4.65. The van der Waals surface area contributed by atoms with Crippen molar-refractivity contribution in [1.82, 2.24) is 24.6 Å². The third-order valence-electron chi connectivity index (χ3n) is 6.00. The Balaban J connectivity index is 1.48. The van der Waals surface area contributed by atoms with Crippen LogP contribution in [0.15, 0.2) is 36.8 Å². The third kappa shape index (κ3) is 3.24. The van der Waals surface area contributed by atoms with Crippen LogP contribution in [-0.2, 0) is 0 Å². The minimum Gasteiger partial charge on any atom is -0.354 e. The molecule has 1 atom stereocenters. The highest BCUT2D eigenvalue weighted by molar-refractivity contribution is 5.91. The van der Waals surface area contributed by atoms with Crippen molar-refractivity contribution >= 4 is 16.9 Å². The lowest BCUT2D eigenvalue weighted by Crippen LogP contribution is -2.31. The summed E-state index contributed by atoms with van der Waals surface area (Å²) in [6, 6.07) is 6.37. The summed E-state index contributed by atoms with van der Waals surface area (Å²) >= 11 is 0. The van der Waals surface area contributed by atoms with Crippen LogP contribution in [0.4, 0.5) is 10.2 Å². The van der Waals surface area contributed by atoms with E-state index in [0.29, 0.717) is 25.6 Å². The highest BCUT2D eigenvalue weighted by atomic mass is 19.1. The number of piperidine rings is 1. The summed E-state index contributed by atoms with van der Waals surface area (Å²) in [7, 11) is 2.17. The molecule has 0 N–H and O–H groups in total. The molecule has 2 aliphatic heterocycles. The van der Waals surface area contributed by atoms with Crippen molar-refractivity contribution in [2.75, 3.05) is 38.1 Å². The molecule has 0 radical (unpaired) electrons. The van der Waals surface area contributed by atoms with E-state index in [1.807, 2.05) is 35.5 Å². The average molecular weight is 380 g/mol. The predicted molar refractivity (Wildman–Crippen MR) is 108 cm³/mol. The molecule has 5 rings (SSSR count). The van der Waals surface area contributed by atoms with Gasteiger partial charge in [0.25, 0.3) is 0 Å². The zero-order valence-corrected chi connectivity index (χ0v) is 16.1. The first-order valence-electron chi connectivity index (χ1n) is 10.1. The number of likely N-dealkylation sites (tertiary alicyclic amines) is 1. The van der Waals surface area contributed by atoms with E-state index in [-0.39, 0.29) is 0 Å². The fourth-order valence-electron chi connectivity index (χ4n) is 4.29. The van der Waals surface area contributed by atoms with E-state index in [2.05, 4.69) is 32.9 Å². The second-order valence-corrected chi connectivity index (χ2v) is 7.97. The number of nitrogens with zero attached hydrogens (tertiary/aromatic N) is 6. The molecule has 5 heterocycles. The van der Waals surface area contributed by atoms with Crippen LogP contribution in [-0.4, -0.2) is 64.0 Å². The molecule has 1 unspecified atom stereocenters. The molecule has 146 valence electrons. The Morgan fingerprint density at radius 3 is 2.71 bits per heavy atom. The van der Waals surface area contributed by atoms with Gasteiger partial charge in [-0.25, -0.2) is 9.37 Å². The van der Waals surface area contributed by atoms with Crippen LogP contribution < -0.4 is 4.90 Å². The molecule has 0 aliphatic carbocycles. The molecule has 0 spiro atoms. The van der Waals surface area contributed by atoms with Gasteiger partial charge in [0.05, 0.1) is 29.8 Å². The maximum absolute atomic E-state index is 13.6. The van der Waals surface area contributed by atoms with Gasteiger partial charge in [0.15, 0.2) is 0 Å². The maximum atomic E-state index is 13.6. The summed E-state index contributed by atoms with van der Waals surface area (Å²) in [6.07, 6.45) is 7.93. The van der Waals surface area contributed by atoms with Crippen molar-refractivity contribution in [2.24, 2.45) is 0 Å². The Morgan fingerprint density at radius 1 is 1.07 bits per heavy atom. The first kappa shape index (κ1) is 17.6. The molecule has 0 bridgehead atoms. The number of fused-ring (bicyclic) bond motifs is 1. The fourth-order valence-corrected chi connectivity index (χ4v) is 4.29. The van der Waals surface area contributed by atoms with Gasteiger partial charge in [0.2, 0.25) is 0 Å². The molecular formula is C21H25FN6. The lowest BCUT2D eigenvalue weighted by atomic mass is 10.1. The van der Waals surface area contributed by atoms with E-state index in [0.717, 1.165) is 53.9 Å². The summed E-state index contributed by atoms with van der Waals surface area (Å²) in [6.45, 7) is 3.34. The molecule has 3 aromatic heterocycles. The van der Waals surface area contributed by atoms with Crippen LogP contribution in [0.2, 0.25) is 0 Å². The van der Waals surface area contributed by atoms with E-state index in [1.54, 1.807) is 0 Å². The molecule has 6 nitrogen and oxygen atoms in total. The van der Waals surface area contributed by atoms with E-state index in [1.165, 1.54) is 0 Å². The van der Waals surface area contributed by atoms with Gasteiger partial charge in [0, 0.05) is 30.1 Å². The number of rotatable bonds is 3. The van der Waals surface area contributed by atoms with E-state index >= 15 is 0 Å². The second kappa shape index (κ2) is 7.13. The number of pyridine rings is 2. The van der Waals surface area contributed by atoms with Gasteiger partial charge in [-0.15, -0.1) is 0 Å². The number of halogens is 1. The van der Waals surface area contributed by atoms with Gasteiger partial charge >= 0.3 is 0 Å². The molecule has 0 amide bonds. The van der Waals surface area contributed by atoms with Crippen LogP contribution in [0.25, 0.3) is 22.2 Å². The van der Waals surface area contributed by atoms with E-state index < -0.39 is 6.17 Å². The highest BCUT2D eigenvalue weighted by Gasteiger charge is 2.24. The fraction of sp³-hybridized carbons (Fsp3) is 0.476. The zero-order valence-electron chi connectivity index (χ0n) is 16.1. The van der Waals surface area contributed by atoms with E-state index in [9.17, 15) is 4.39 Å². The number of aromatic nitrogens is 4. The van der Waals surface area contributed by atoms with Gasteiger partial charge in [-0.05, 0) is 57.6 Å². The van der Waals surface area contributed by atoms with Crippen LogP contribution in [0, 0.1) is 0 Å². The molecule has 7 heteroatoms. The number of alkyl halides is 1. The van der Waals surface area contributed by atoms with Gasteiger partial charge in [0.1, 0.15) is 12.0 Å². The molecule has 2 saturated heterocycles. The standard InChI is InChI=1S/C21H25FN6/c1-26-9-6-17(7-10-26)28-13-15(12-24-28)18-4-8-23-19-2-3-20(25-21(18)19)27-11-5-16(22)14-27/h2-4,8,12-13,16-17H,5-7,9-11,14H2,1H3. The summed E-state index contributed by atoms with van der Waals surface area (Å²) in [5.41, 5.74) is 3.79. The number of anilines is 1. The summed E-state index contributed by atoms with van der Waals surface area (Å²) in [4.78, 5) is 13.7. The first-order valence-corrected chi connectivity index (χ1v) is 10.1. The van der Waals surface area contributed by atoms with Crippen molar-refractivity contribution in [1.29, 1.82) is 0 Å². The normalized spacial score (nSPS) is 21.6. The molecule has 2 fully saturated rings. The lowest BCUT2D eigenvalue weighted by molar-refractivity contribution is 0.212. The number of hydrogen-bond acceptors (Lipinski definition) is 5. The van der Waals surface area contributed by atoms with Crippen molar-refractivity contribution < 1.29 is 4.39 Å². The van der Waals surface area contributed by atoms with Gasteiger partial charge in [-0.1, -0.05) is 0 Å². The minimum atomic E-state index is -0.765. The van der Waals surface area contributed by atoms with Crippen molar-refractivity contribution in [3.63, 3.8) is 0 Å². The van der Waals surface area contributed by atoms with Crippen molar-refractivity contribution in [3.8, 4) is 11.1 Å². The Labute approximate surface area is 164 Å². The Bertz CT molecular complexity index is 978. The van der Waals surface area contributed by atoms with Gasteiger partial charge < -0.3 is 9.80 Å². The van der Waals surface area contributed by atoms with Gasteiger partial charge in [-0.3, -0.25) is 9.67 Å². The largest absolute Gasteiger partial charge is 0.354 e. The summed E-state index contributed by atoms with van der Waals surface area (Å²) in [5.74, 6) is 0.824. The van der Waals surface area contributed by atoms with Crippen molar-refractivity contribution in [3.05, 3.63) is 36.8 Å². The van der Waals surface area contributed by atoms with E-state index in [4.69, 9.17) is 4.98 Å². The topological polar surface area (TPSA) is 50.1 Å². The quantitative estimate of drug-likeness (QED) is 0.698. The second-order valence-electron chi connectivity index (χ2n) is 7.97. The molecule has 0 aromatic carbocycles. The number of hydrogen-bond donors (Lipinski definition) is 0. The predicted octanol–water partition coefficient (Wildman–Crippen LogP) is 3.31. The van der Waals surface area contributed by atoms with Crippen LogP contribution in [0.5, 0.6) is 0 Å². The molecule has 3 aromatic rings. The molecule has 0 saturated carbocycles. The third-order valence-corrected chi connectivity index (χ3v) is 6.00. The monoisotopic (exact) mass is 380 g/mol. The first-order chi connectivity index (χ1) is 13.7. The Morgan fingerprint density at radius 2 is 1.93 bits per heavy atom. The van der Waals surface area contributed by atoms with Crippen LogP contribution in [0.3, 0.4) is 0 Å².